The summed E-state index contributed by atoms with van der Waals surface area (Å²) in [5.74, 6) is -0.221. The number of carbonyl (C=O) groups excluding carboxylic acids is 1. The predicted molar refractivity (Wildman–Crippen MR) is 173 cm³/mol. The molecule has 232 valence electrons. The first kappa shape index (κ1) is 38.4. The molecule has 4 heteroatoms. The summed E-state index contributed by atoms with van der Waals surface area (Å²) in [6.45, 7) is 5.09. The summed E-state index contributed by atoms with van der Waals surface area (Å²) < 4.78 is 11.0. The van der Waals surface area contributed by atoms with Crippen LogP contribution in [0.3, 0.4) is 0 Å². The van der Waals surface area contributed by atoms with Crippen molar-refractivity contribution < 1.29 is 19.4 Å². The van der Waals surface area contributed by atoms with Gasteiger partial charge in [-0.1, -0.05) is 146 Å². The average Bonchev–Trinajstić information content (AvgIpc) is 2.96. The fraction of sp³-hybridized carbons (Fsp3) is 0.750. The zero-order valence-electron chi connectivity index (χ0n) is 26.3. The van der Waals surface area contributed by atoms with Gasteiger partial charge in [-0.2, -0.15) is 0 Å². The van der Waals surface area contributed by atoms with Gasteiger partial charge in [0, 0.05) is 13.0 Å². The minimum absolute atomic E-state index is 0.193. The number of ether oxygens (including phenoxy) is 2. The number of allylic oxidation sites excluding steroid dienone is 8. The van der Waals surface area contributed by atoms with Crippen molar-refractivity contribution in [3.63, 3.8) is 0 Å². The number of carbonyl (C=O) groups is 1. The molecule has 0 saturated carbocycles. The highest BCUT2D eigenvalue weighted by Gasteiger charge is 2.13. The summed E-state index contributed by atoms with van der Waals surface area (Å²) in [5.41, 5.74) is 0. The Bertz CT molecular complexity index is 635. The zero-order valence-corrected chi connectivity index (χ0v) is 26.3. The number of unbranched alkanes of at least 4 members (excludes halogenated alkanes) is 14. The lowest BCUT2D eigenvalue weighted by atomic mass is 10.0. The van der Waals surface area contributed by atoms with Gasteiger partial charge < -0.3 is 14.6 Å². The lowest BCUT2D eigenvalue weighted by Gasteiger charge is -2.15. The Hall–Kier alpha value is -1.65. The van der Waals surface area contributed by atoms with Crippen molar-refractivity contribution in [1.82, 2.24) is 0 Å². The summed E-state index contributed by atoms with van der Waals surface area (Å²) in [5, 5.41) is 9.51. The molecule has 0 aliphatic rings. The standard InChI is InChI=1S/C36H64O4/c1-3-5-7-9-11-13-15-17-19-21-23-25-27-29-31-36(38)40-35(33-37)34-39-32-30-28-26-24-22-20-18-16-14-12-10-8-6-4-2/h6,8,12,14,18,20,24,26,35,37H,3-5,7,9-11,13,15-17,19,21-23,25,27-34H2,1-2H3/b8-6-,14-12-,20-18-,26-24-. The van der Waals surface area contributed by atoms with Gasteiger partial charge in [0.25, 0.3) is 0 Å². The van der Waals surface area contributed by atoms with Gasteiger partial charge in [-0.25, -0.2) is 0 Å². The third-order valence-electron chi connectivity index (χ3n) is 6.92. The SMILES string of the molecule is CC/C=C\C/C=C\C/C=C\C/C=C\CCCOCC(CO)OC(=O)CCCCCCCCCCCCCCCC. The number of hydrogen-bond donors (Lipinski definition) is 1. The van der Waals surface area contributed by atoms with Crippen molar-refractivity contribution in [3.05, 3.63) is 48.6 Å². The van der Waals surface area contributed by atoms with Crippen LogP contribution in [-0.2, 0) is 14.3 Å². The van der Waals surface area contributed by atoms with Crippen molar-refractivity contribution >= 4 is 5.97 Å². The second kappa shape index (κ2) is 33.6. The molecule has 0 radical (unpaired) electrons. The minimum atomic E-state index is -0.559. The van der Waals surface area contributed by atoms with Crippen LogP contribution in [0, 0.1) is 0 Å². The topological polar surface area (TPSA) is 55.8 Å². The van der Waals surface area contributed by atoms with Crippen molar-refractivity contribution in [1.29, 1.82) is 0 Å². The first-order valence-electron chi connectivity index (χ1n) is 16.7. The van der Waals surface area contributed by atoms with E-state index in [1.165, 1.54) is 77.0 Å². The van der Waals surface area contributed by atoms with Gasteiger partial charge in [0.15, 0.2) is 0 Å². The largest absolute Gasteiger partial charge is 0.457 e. The number of rotatable bonds is 30. The van der Waals surface area contributed by atoms with Crippen LogP contribution < -0.4 is 0 Å². The molecule has 1 N–H and O–H groups in total. The number of hydrogen-bond acceptors (Lipinski definition) is 4. The van der Waals surface area contributed by atoms with Gasteiger partial charge in [0.2, 0.25) is 0 Å². The van der Waals surface area contributed by atoms with Crippen molar-refractivity contribution in [2.45, 2.75) is 155 Å². The molecule has 0 saturated heterocycles. The van der Waals surface area contributed by atoms with E-state index in [9.17, 15) is 9.90 Å². The van der Waals surface area contributed by atoms with Crippen LogP contribution in [0.25, 0.3) is 0 Å². The first-order chi connectivity index (χ1) is 19.7. The van der Waals surface area contributed by atoms with Gasteiger partial charge >= 0.3 is 5.97 Å². The van der Waals surface area contributed by atoms with E-state index in [4.69, 9.17) is 9.47 Å². The Kier molecular flexibility index (Phi) is 32.2. The molecule has 1 unspecified atom stereocenters. The monoisotopic (exact) mass is 560 g/mol. The molecule has 0 aromatic carbocycles. The normalized spacial score (nSPS) is 13.0. The maximum atomic E-state index is 12.1. The average molecular weight is 561 g/mol. The molecule has 0 amide bonds. The molecule has 0 heterocycles. The van der Waals surface area contributed by atoms with E-state index < -0.39 is 6.10 Å². The number of aliphatic hydroxyl groups is 1. The summed E-state index contributed by atoms with van der Waals surface area (Å²) in [4.78, 5) is 12.1. The Morgan fingerprint density at radius 2 is 1.10 bits per heavy atom. The number of aliphatic hydroxyl groups excluding tert-OH is 1. The van der Waals surface area contributed by atoms with Crippen molar-refractivity contribution in [2.75, 3.05) is 19.8 Å². The Morgan fingerprint density at radius 3 is 1.60 bits per heavy atom. The predicted octanol–water partition coefficient (Wildman–Crippen LogP) is 10.4. The third-order valence-corrected chi connectivity index (χ3v) is 6.92. The van der Waals surface area contributed by atoms with E-state index >= 15 is 0 Å². The third kappa shape index (κ3) is 30.9. The lowest BCUT2D eigenvalue weighted by molar-refractivity contribution is -0.154. The van der Waals surface area contributed by atoms with E-state index in [-0.39, 0.29) is 19.2 Å². The fourth-order valence-electron chi connectivity index (χ4n) is 4.45. The van der Waals surface area contributed by atoms with E-state index in [1.807, 2.05) is 0 Å². The van der Waals surface area contributed by atoms with Gasteiger partial charge in [-0.3, -0.25) is 4.79 Å². The number of esters is 1. The van der Waals surface area contributed by atoms with Crippen LogP contribution in [0.5, 0.6) is 0 Å². The van der Waals surface area contributed by atoms with E-state index in [0.717, 1.165) is 51.4 Å². The summed E-state index contributed by atoms with van der Waals surface area (Å²) >= 11 is 0. The molecule has 0 bridgehead atoms. The first-order valence-corrected chi connectivity index (χ1v) is 16.7. The molecule has 0 aliphatic carbocycles. The molecular weight excluding hydrogens is 496 g/mol. The van der Waals surface area contributed by atoms with Crippen LogP contribution >= 0.6 is 0 Å². The fourth-order valence-corrected chi connectivity index (χ4v) is 4.45. The highest BCUT2D eigenvalue weighted by Crippen LogP contribution is 2.13. The molecule has 0 aromatic rings. The van der Waals surface area contributed by atoms with Crippen molar-refractivity contribution in [3.8, 4) is 0 Å². The Labute approximate surface area is 248 Å². The molecule has 40 heavy (non-hydrogen) atoms. The van der Waals surface area contributed by atoms with Gasteiger partial charge in [0.05, 0.1) is 13.2 Å². The lowest BCUT2D eigenvalue weighted by Crippen LogP contribution is -2.27. The molecular formula is C36H64O4. The van der Waals surface area contributed by atoms with Crippen LogP contribution in [0.2, 0.25) is 0 Å². The van der Waals surface area contributed by atoms with E-state index in [2.05, 4.69) is 62.5 Å². The van der Waals surface area contributed by atoms with E-state index in [0.29, 0.717) is 13.0 Å². The molecule has 0 aromatic heterocycles. The van der Waals surface area contributed by atoms with Gasteiger partial charge in [0.1, 0.15) is 6.10 Å². The summed E-state index contributed by atoms with van der Waals surface area (Å²) in [7, 11) is 0. The van der Waals surface area contributed by atoms with E-state index in [1.54, 1.807) is 0 Å². The Balaban J connectivity index is 3.55. The highest BCUT2D eigenvalue weighted by molar-refractivity contribution is 5.69. The molecule has 0 fully saturated rings. The summed E-state index contributed by atoms with van der Waals surface area (Å²) in [6.07, 6.45) is 41.5. The van der Waals surface area contributed by atoms with Crippen LogP contribution in [-0.4, -0.2) is 37.0 Å². The summed E-state index contributed by atoms with van der Waals surface area (Å²) in [6, 6.07) is 0. The van der Waals surface area contributed by atoms with Crippen molar-refractivity contribution in [2.24, 2.45) is 0 Å². The quantitative estimate of drug-likeness (QED) is 0.0539. The maximum absolute atomic E-state index is 12.1. The molecule has 0 spiro atoms. The van der Waals surface area contributed by atoms with Gasteiger partial charge in [-0.15, -0.1) is 0 Å². The highest BCUT2D eigenvalue weighted by atomic mass is 16.6. The molecule has 0 aliphatic heterocycles. The van der Waals surface area contributed by atoms with Gasteiger partial charge in [-0.05, 0) is 44.9 Å². The smallest absolute Gasteiger partial charge is 0.306 e. The molecule has 1 atom stereocenters. The molecule has 0 rings (SSSR count). The minimum Gasteiger partial charge on any atom is -0.457 e. The maximum Gasteiger partial charge on any atom is 0.306 e. The Morgan fingerprint density at radius 1 is 0.625 bits per heavy atom. The molecule has 4 nitrogen and oxygen atoms in total. The van der Waals surface area contributed by atoms with Crippen LogP contribution in [0.4, 0.5) is 0 Å². The second-order valence-corrected chi connectivity index (χ2v) is 10.9. The van der Waals surface area contributed by atoms with Crippen LogP contribution in [0.15, 0.2) is 48.6 Å². The zero-order chi connectivity index (χ0) is 29.2. The van der Waals surface area contributed by atoms with Crippen LogP contribution in [0.1, 0.15) is 149 Å². The second-order valence-electron chi connectivity index (χ2n) is 10.9.